The van der Waals surface area contributed by atoms with E-state index < -0.39 is 9.84 Å². The Morgan fingerprint density at radius 2 is 1.65 bits per heavy atom. The van der Waals surface area contributed by atoms with Crippen LogP contribution in [0.4, 0.5) is 0 Å². The number of rotatable bonds is 5. The van der Waals surface area contributed by atoms with Gasteiger partial charge in [0.2, 0.25) is 0 Å². The summed E-state index contributed by atoms with van der Waals surface area (Å²) in [6.07, 6.45) is 2.21. The highest BCUT2D eigenvalue weighted by molar-refractivity contribution is 7.91. The van der Waals surface area contributed by atoms with E-state index in [1.807, 2.05) is 0 Å². The first-order valence-electron chi connectivity index (χ1n) is 9.66. The van der Waals surface area contributed by atoms with Gasteiger partial charge in [-0.3, -0.25) is 9.80 Å². The van der Waals surface area contributed by atoms with Gasteiger partial charge in [-0.05, 0) is 30.9 Å². The van der Waals surface area contributed by atoms with Gasteiger partial charge in [0.05, 0.1) is 11.5 Å². The second-order valence-electron chi connectivity index (χ2n) is 8.35. The first-order valence-corrected chi connectivity index (χ1v) is 11.5. The van der Waals surface area contributed by atoms with E-state index in [1.54, 1.807) is 0 Å². The summed E-state index contributed by atoms with van der Waals surface area (Å²) in [6.45, 7) is 12.2. The highest BCUT2D eigenvalue weighted by atomic mass is 32.2. The summed E-state index contributed by atoms with van der Waals surface area (Å²) < 4.78 is 24.7. The van der Waals surface area contributed by atoms with E-state index >= 15 is 0 Å². The van der Waals surface area contributed by atoms with Crippen molar-refractivity contribution in [3.63, 3.8) is 0 Å². The Hall–Kier alpha value is -1.17. The Kier molecular flexibility index (Phi) is 5.90. The van der Waals surface area contributed by atoms with Crippen molar-refractivity contribution in [2.24, 2.45) is 0 Å². The fourth-order valence-electron chi connectivity index (χ4n) is 4.06. The van der Waals surface area contributed by atoms with Crippen molar-refractivity contribution >= 4 is 9.84 Å². The minimum atomic E-state index is -2.95. The Morgan fingerprint density at radius 1 is 1.08 bits per heavy atom. The Labute approximate surface area is 158 Å². The Bertz CT molecular complexity index is 749. The van der Waals surface area contributed by atoms with Gasteiger partial charge in [-0.15, -0.1) is 0 Å². The SMILES string of the molecule is CC(C)=CCN1CCN(Cc2ccc(C(C)C)cc2)[C@@H]2CS(=O)(=O)C[C@@H]21. The summed E-state index contributed by atoms with van der Waals surface area (Å²) in [6, 6.07) is 9.04. The smallest absolute Gasteiger partial charge is 0.153 e. The maximum atomic E-state index is 12.3. The molecule has 0 aromatic heterocycles. The molecule has 0 aliphatic carbocycles. The predicted octanol–water partition coefficient (Wildman–Crippen LogP) is 3.06. The number of hydrogen-bond acceptors (Lipinski definition) is 4. The van der Waals surface area contributed by atoms with Gasteiger partial charge >= 0.3 is 0 Å². The van der Waals surface area contributed by atoms with Crippen LogP contribution < -0.4 is 0 Å². The molecule has 1 aromatic carbocycles. The van der Waals surface area contributed by atoms with Crippen molar-refractivity contribution in [3.8, 4) is 0 Å². The molecule has 0 bridgehead atoms. The summed E-state index contributed by atoms with van der Waals surface area (Å²) in [5, 5.41) is 0. The lowest BCUT2D eigenvalue weighted by Crippen LogP contribution is -2.58. The molecule has 2 atom stereocenters. The van der Waals surface area contributed by atoms with Gasteiger partial charge < -0.3 is 0 Å². The van der Waals surface area contributed by atoms with Crippen molar-refractivity contribution in [2.75, 3.05) is 31.1 Å². The number of hydrogen-bond donors (Lipinski definition) is 0. The first-order chi connectivity index (χ1) is 12.2. The molecule has 144 valence electrons. The third-order valence-electron chi connectivity index (χ3n) is 5.67. The van der Waals surface area contributed by atoms with Crippen LogP contribution in [-0.2, 0) is 16.4 Å². The normalized spacial score (nSPS) is 26.0. The van der Waals surface area contributed by atoms with Crippen LogP contribution in [0, 0.1) is 0 Å². The van der Waals surface area contributed by atoms with E-state index in [9.17, 15) is 8.42 Å². The molecule has 26 heavy (non-hydrogen) atoms. The lowest BCUT2D eigenvalue weighted by molar-refractivity contribution is 0.0478. The standard InChI is InChI=1S/C21H32N2O2S/c1-16(2)9-10-22-11-12-23(21-15-26(24,25)14-20(21)22)13-18-5-7-19(8-6-18)17(3)4/h5-9,17,20-21H,10-15H2,1-4H3/t20-,21+/m0/s1. The Balaban J connectivity index is 1.74. The number of nitrogens with zero attached hydrogens (tertiary/aromatic N) is 2. The molecular weight excluding hydrogens is 344 g/mol. The molecule has 0 unspecified atom stereocenters. The van der Waals surface area contributed by atoms with Crippen LogP contribution in [0.5, 0.6) is 0 Å². The number of benzene rings is 1. The van der Waals surface area contributed by atoms with E-state index in [2.05, 4.69) is 67.8 Å². The second-order valence-corrected chi connectivity index (χ2v) is 10.5. The second kappa shape index (κ2) is 7.83. The van der Waals surface area contributed by atoms with Crippen molar-refractivity contribution in [1.82, 2.24) is 9.80 Å². The zero-order chi connectivity index (χ0) is 18.9. The molecule has 2 aliphatic rings. The summed E-state index contributed by atoms with van der Waals surface area (Å²) >= 11 is 0. The number of piperazine rings is 1. The average molecular weight is 377 g/mol. The minimum Gasteiger partial charge on any atom is -0.293 e. The van der Waals surface area contributed by atoms with Crippen LogP contribution in [0.1, 0.15) is 44.7 Å². The van der Waals surface area contributed by atoms with Crippen LogP contribution in [0.2, 0.25) is 0 Å². The Morgan fingerprint density at radius 3 is 2.23 bits per heavy atom. The first kappa shape index (κ1) is 19.6. The lowest BCUT2D eigenvalue weighted by Gasteiger charge is -2.43. The third-order valence-corrected chi connectivity index (χ3v) is 7.37. The lowest BCUT2D eigenvalue weighted by atomic mass is 10.00. The molecular formula is C21H32N2O2S. The van der Waals surface area contributed by atoms with Crippen LogP contribution >= 0.6 is 0 Å². The summed E-state index contributed by atoms with van der Waals surface area (Å²) in [5.74, 6) is 1.14. The molecule has 1 aromatic rings. The maximum Gasteiger partial charge on any atom is 0.153 e. The molecule has 2 aliphatic heterocycles. The van der Waals surface area contributed by atoms with Gasteiger partial charge in [0.25, 0.3) is 0 Å². The topological polar surface area (TPSA) is 40.6 Å². The molecule has 2 fully saturated rings. The fourth-order valence-corrected chi connectivity index (χ4v) is 6.10. The molecule has 0 spiro atoms. The van der Waals surface area contributed by atoms with Crippen LogP contribution in [0.3, 0.4) is 0 Å². The van der Waals surface area contributed by atoms with E-state index in [0.29, 0.717) is 17.4 Å². The molecule has 2 heterocycles. The maximum absolute atomic E-state index is 12.3. The number of fused-ring (bicyclic) bond motifs is 1. The van der Waals surface area contributed by atoms with E-state index in [4.69, 9.17) is 0 Å². The quantitative estimate of drug-likeness (QED) is 0.741. The van der Waals surface area contributed by atoms with Crippen molar-refractivity contribution < 1.29 is 8.42 Å². The monoisotopic (exact) mass is 376 g/mol. The van der Waals surface area contributed by atoms with E-state index in [-0.39, 0.29) is 12.1 Å². The van der Waals surface area contributed by atoms with Gasteiger partial charge in [-0.25, -0.2) is 8.42 Å². The molecule has 4 nitrogen and oxygen atoms in total. The van der Waals surface area contributed by atoms with Crippen molar-refractivity contribution in [2.45, 2.75) is 52.2 Å². The van der Waals surface area contributed by atoms with Gasteiger partial charge in [0.15, 0.2) is 9.84 Å². The van der Waals surface area contributed by atoms with Crippen molar-refractivity contribution in [3.05, 3.63) is 47.0 Å². The van der Waals surface area contributed by atoms with Gasteiger partial charge in [-0.2, -0.15) is 0 Å². The minimum absolute atomic E-state index is 0.115. The fraction of sp³-hybridized carbons (Fsp3) is 0.619. The zero-order valence-electron chi connectivity index (χ0n) is 16.5. The van der Waals surface area contributed by atoms with Gasteiger partial charge in [-0.1, -0.05) is 49.8 Å². The molecule has 2 saturated heterocycles. The van der Waals surface area contributed by atoms with Crippen molar-refractivity contribution in [1.29, 1.82) is 0 Å². The molecule has 0 saturated carbocycles. The van der Waals surface area contributed by atoms with E-state index in [0.717, 1.165) is 26.2 Å². The molecule has 0 N–H and O–H groups in total. The molecule has 0 amide bonds. The largest absolute Gasteiger partial charge is 0.293 e. The molecule has 5 heteroatoms. The van der Waals surface area contributed by atoms with Gasteiger partial charge in [0.1, 0.15) is 0 Å². The highest BCUT2D eigenvalue weighted by Gasteiger charge is 2.46. The third kappa shape index (κ3) is 4.56. The summed E-state index contributed by atoms with van der Waals surface area (Å²) in [7, 11) is -2.95. The van der Waals surface area contributed by atoms with Gasteiger partial charge in [0, 0.05) is 38.3 Å². The molecule has 0 radical (unpaired) electrons. The molecule has 3 rings (SSSR count). The zero-order valence-corrected chi connectivity index (χ0v) is 17.3. The van der Waals surface area contributed by atoms with Crippen LogP contribution in [-0.4, -0.2) is 61.4 Å². The average Bonchev–Trinajstić information content (AvgIpc) is 2.90. The highest BCUT2D eigenvalue weighted by Crippen LogP contribution is 2.28. The van der Waals surface area contributed by atoms with E-state index in [1.165, 1.54) is 16.7 Å². The number of sulfone groups is 1. The van der Waals surface area contributed by atoms with Crippen LogP contribution in [0.25, 0.3) is 0 Å². The van der Waals surface area contributed by atoms with Crippen LogP contribution in [0.15, 0.2) is 35.9 Å². The predicted molar refractivity (Wildman–Crippen MR) is 108 cm³/mol. The summed E-state index contributed by atoms with van der Waals surface area (Å²) in [4.78, 5) is 4.75. The number of allylic oxidation sites excluding steroid dienone is 1. The summed E-state index contributed by atoms with van der Waals surface area (Å²) in [5.41, 5.74) is 3.91.